The fourth-order valence-electron chi connectivity index (χ4n) is 3.52. The number of aryl methyl sites for hydroxylation is 2. The van der Waals surface area contributed by atoms with Crippen molar-refractivity contribution in [2.45, 2.75) is 45.1 Å². The van der Waals surface area contributed by atoms with Crippen molar-refractivity contribution in [3.63, 3.8) is 0 Å². The summed E-state index contributed by atoms with van der Waals surface area (Å²) in [5, 5.41) is 7.56. The number of likely N-dealkylation sites (tertiary alicyclic amines) is 1. The highest BCUT2D eigenvalue weighted by Crippen LogP contribution is 2.31. The summed E-state index contributed by atoms with van der Waals surface area (Å²) in [5.41, 5.74) is 3.39. The van der Waals surface area contributed by atoms with Crippen LogP contribution in [-0.2, 0) is 23.1 Å². The first kappa shape index (κ1) is 14.1. The third-order valence-electron chi connectivity index (χ3n) is 4.49. The van der Waals surface area contributed by atoms with Crippen LogP contribution in [0.3, 0.4) is 0 Å². The molecule has 0 spiro atoms. The van der Waals surface area contributed by atoms with E-state index in [1.54, 1.807) is 4.90 Å². The van der Waals surface area contributed by atoms with Crippen LogP contribution < -0.4 is 5.32 Å². The predicted molar refractivity (Wildman–Crippen MR) is 77.6 cm³/mol. The summed E-state index contributed by atoms with van der Waals surface area (Å²) in [5.74, 6) is 0.0263. The minimum Gasteiger partial charge on any atom is -0.348 e. The van der Waals surface area contributed by atoms with Gasteiger partial charge in [-0.3, -0.25) is 14.3 Å². The lowest BCUT2D eigenvalue weighted by Crippen LogP contribution is -2.40. The van der Waals surface area contributed by atoms with Gasteiger partial charge in [-0.15, -0.1) is 0 Å². The van der Waals surface area contributed by atoms with E-state index >= 15 is 0 Å². The highest BCUT2D eigenvalue weighted by molar-refractivity contribution is 5.86. The molecule has 1 aromatic heterocycles. The molecule has 1 aliphatic carbocycles. The Morgan fingerprint density at radius 2 is 2.19 bits per heavy atom. The van der Waals surface area contributed by atoms with Crippen molar-refractivity contribution in [3.05, 3.63) is 17.0 Å². The Balaban J connectivity index is 1.69. The molecule has 114 valence electrons. The normalized spacial score (nSPS) is 21.5. The van der Waals surface area contributed by atoms with Crippen molar-refractivity contribution in [2.24, 2.45) is 7.05 Å². The third kappa shape index (κ3) is 2.66. The molecule has 0 radical (unpaired) electrons. The maximum atomic E-state index is 12.2. The van der Waals surface area contributed by atoms with Crippen molar-refractivity contribution < 1.29 is 9.59 Å². The molecule has 21 heavy (non-hydrogen) atoms. The van der Waals surface area contributed by atoms with E-state index in [2.05, 4.69) is 10.4 Å². The number of hydrogen-bond donors (Lipinski definition) is 1. The van der Waals surface area contributed by atoms with Crippen molar-refractivity contribution in [1.82, 2.24) is 20.0 Å². The Morgan fingerprint density at radius 3 is 2.90 bits per heavy atom. The van der Waals surface area contributed by atoms with E-state index < -0.39 is 0 Å². The van der Waals surface area contributed by atoms with Gasteiger partial charge in [-0.05, 0) is 32.6 Å². The minimum absolute atomic E-state index is 0.0349. The Bertz CT molecular complexity index is 578. The summed E-state index contributed by atoms with van der Waals surface area (Å²) in [6.07, 6.45) is 4.45. The van der Waals surface area contributed by atoms with Gasteiger partial charge in [0.1, 0.15) is 0 Å². The largest absolute Gasteiger partial charge is 0.348 e. The van der Waals surface area contributed by atoms with Crippen LogP contribution in [0.2, 0.25) is 0 Å². The molecule has 1 fully saturated rings. The molecule has 2 aliphatic rings. The van der Waals surface area contributed by atoms with E-state index in [0.717, 1.165) is 31.4 Å². The number of nitrogens with one attached hydrogen (secondary N) is 1. The van der Waals surface area contributed by atoms with E-state index in [4.69, 9.17) is 0 Å². The van der Waals surface area contributed by atoms with Gasteiger partial charge in [0.25, 0.3) is 0 Å². The molecule has 2 heterocycles. The van der Waals surface area contributed by atoms with E-state index in [0.29, 0.717) is 13.0 Å². The molecule has 0 saturated carbocycles. The average molecular weight is 290 g/mol. The fourth-order valence-corrected chi connectivity index (χ4v) is 3.52. The lowest BCUT2D eigenvalue weighted by atomic mass is 9.91. The monoisotopic (exact) mass is 290 g/mol. The molecule has 1 aliphatic heterocycles. The summed E-state index contributed by atoms with van der Waals surface area (Å²) < 4.78 is 1.92. The smallest absolute Gasteiger partial charge is 0.240 e. The molecule has 6 nitrogen and oxygen atoms in total. The van der Waals surface area contributed by atoms with Crippen molar-refractivity contribution in [1.29, 1.82) is 0 Å². The lowest BCUT2D eigenvalue weighted by molar-refractivity contribution is -0.133. The number of hydrogen-bond acceptors (Lipinski definition) is 3. The van der Waals surface area contributed by atoms with Crippen LogP contribution in [0.1, 0.15) is 48.7 Å². The molecule has 1 unspecified atom stereocenters. The summed E-state index contributed by atoms with van der Waals surface area (Å²) in [7, 11) is 1.96. The number of rotatable bonds is 3. The zero-order chi connectivity index (χ0) is 15.0. The topological polar surface area (TPSA) is 67.2 Å². The van der Waals surface area contributed by atoms with Gasteiger partial charge in [-0.25, -0.2) is 0 Å². The summed E-state index contributed by atoms with van der Waals surface area (Å²) in [6.45, 7) is 2.88. The average Bonchev–Trinajstić information content (AvgIpc) is 2.95. The molecule has 6 heteroatoms. The molecular weight excluding hydrogens is 268 g/mol. The molecule has 0 aromatic carbocycles. The quantitative estimate of drug-likeness (QED) is 0.897. The minimum atomic E-state index is -0.0636. The molecular formula is C15H22N4O2. The van der Waals surface area contributed by atoms with Gasteiger partial charge in [0, 0.05) is 31.3 Å². The van der Waals surface area contributed by atoms with Gasteiger partial charge in [0.15, 0.2) is 0 Å². The number of amides is 2. The summed E-state index contributed by atoms with van der Waals surface area (Å²) in [4.78, 5) is 25.4. The fraction of sp³-hybridized carbons (Fsp3) is 0.667. The van der Waals surface area contributed by atoms with E-state index in [1.165, 1.54) is 11.3 Å². The zero-order valence-corrected chi connectivity index (χ0v) is 12.7. The molecule has 0 bridgehead atoms. The number of aromatic nitrogens is 2. The maximum absolute atomic E-state index is 12.2. The molecule has 3 rings (SSSR count). The molecule has 1 saturated heterocycles. The first-order valence-corrected chi connectivity index (χ1v) is 7.65. The van der Waals surface area contributed by atoms with Gasteiger partial charge in [0.2, 0.25) is 11.8 Å². The predicted octanol–water partition coefficient (Wildman–Crippen LogP) is 0.845. The van der Waals surface area contributed by atoms with Crippen LogP contribution in [0.15, 0.2) is 0 Å². The number of nitrogens with zero attached hydrogens (tertiary/aromatic N) is 3. The molecule has 2 amide bonds. The van der Waals surface area contributed by atoms with Crippen LogP contribution >= 0.6 is 0 Å². The van der Waals surface area contributed by atoms with Gasteiger partial charge < -0.3 is 10.2 Å². The Kier molecular flexibility index (Phi) is 3.69. The number of carbonyl (C=O) groups excluding carboxylic acids is 2. The first-order chi connectivity index (χ1) is 10.1. The van der Waals surface area contributed by atoms with Gasteiger partial charge >= 0.3 is 0 Å². The second kappa shape index (κ2) is 5.50. The van der Waals surface area contributed by atoms with Crippen molar-refractivity contribution in [3.8, 4) is 0 Å². The lowest BCUT2D eigenvalue weighted by Gasteiger charge is -2.25. The maximum Gasteiger partial charge on any atom is 0.240 e. The van der Waals surface area contributed by atoms with Gasteiger partial charge in [-0.1, -0.05) is 0 Å². The standard InChI is InChI=1S/C15H22N4O2/c1-10-15-11(5-3-6-12(15)18(2)17-10)16-13(20)9-19-8-4-7-14(19)21/h11H,3-9H2,1-2H3,(H,16,20). The van der Waals surface area contributed by atoms with E-state index in [9.17, 15) is 9.59 Å². The number of fused-ring (bicyclic) bond motifs is 1. The molecule has 1 N–H and O–H groups in total. The van der Waals surface area contributed by atoms with Crippen LogP contribution in [0.5, 0.6) is 0 Å². The molecule has 1 aromatic rings. The first-order valence-electron chi connectivity index (χ1n) is 7.65. The Morgan fingerprint density at radius 1 is 1.38 bits per heavy atom. The van der Waals surface area contributed by atoms with E-state index in [1.807, 2.05) is 18.7 Å². The summed E-state index contributed by atoms with van der Waals surface area (Å²) >= 11 is 0. The third-order valence-corrected chi connectivity index (χ3v) is 4.49. The second-order valence-corrected chi connectivity index (χ2v) is 6.00. The van der Waals surface area contributed by atoms with E-state index in [-0.39, 0.29) is 24.4 Å². The Hall–Kier alpha value is -1.85. The van der Waals surface area contributed by atoms with Crippen molar-refractivity contribution >= 4 is 11.8 Å². The Labute approximate surface area is 124 Å². The zero-order valence-electron chi connectivity index (χ0n) is 12.7. The van der Waals surface area contributed by atoms with Crippen LogP contribution in [-0.4, -0.2) is 39.6 Å². The summed E-state index contributed by atoms with van der Waals surface area (Å²) in [6, 6.07) is 0.0349. The highest BCUT2D eigenvalue weighted by atomic mass is 16.2. The second-order valence-electron chi connectivity index (χ2n) is 6.00. The SMILES string of the molecule is Cc1nn(C)c2c1C(NC(=O)CN1CCCC1=O)CCC2. The van der Waals surface area contributed by atoms with Gasteiger partial charge in [0.05, 0.1) is 18.3 Å². The molecule has 1 atom stereocenters. The van der Waals surface area contributed by atoms with Crippen molar-refractivity contribution in [2.75, 3.05) is 13.1 Å². The highest BCUT2D eigenvalue weighted by Gasteiger charge is 2.29. The number of carbonyl (C=O) groups is 2. The van der Waals surface area contributed by atoms with Crippen LogP contribution in [0, 0.1) is 6.92 Å². The van der Waals surface area contributed by atoms with Crippen LogP contribution in [0.4, 0.5) is 0 Å². The van der Waals surface area contributed by atoms with Gasteiger partial charge in [-0.2, -0.15) is 5.10 Å². The van der Waals surface area contributed by atoms with Crippen LogP contribution in [0.25, 0.3) is 0 Å².